The van der Waals surface area contributed by atoms with Gasteiger partial charge < -0.3 is 11.2 Å². The number of hydrogen-bond acceptors (Lipinski definition) is 2. The van der Waals surface area contributed by atoms with Gasteiger partial charge in [-0.3, -0.25) is 0 Å². The molecule has 0 aromatic carbocycles. The maximum Gasteiger partial charge on any atom is 0.106 e. The summed E-state index contributed by atoms with van der Waals surface area (Å²) in [6, 6.07) is 0. The molecule has 0 bridgehead atoms. The number of hydrazone groups is 1. The van der Waals surface area contributed by atoms with Crippen LogP contribution in [-0.2, 0) is 0 Å². The fourth-order valence-corrected chi connectivity index (χ4v) is 0.229. The van der Waals surface area contributed by atoms with E-state index in [9.17, 15) is 0 Å². The fraction of sp³-hybridized carbons (Fsp3) is 0.750. The minimum Gasteiger partial charge on any atom is -0.388 e. The maximum atomic E-state index is 4.92. The van der Waals surface area contributed by atoms with Crippen molar-refractivity contribution in [2.45, 2.75) is 13.3 Å². The third kappa shape index (κ3) is 5.27. The van der Waals surface area contributed by atoms with Crippen molar-refractivity contribution in [1.82, 2.24) is 5.43 Å². The lowest BCUT2D eigenvalue weighted by Crippen LogP contribution is -2.07. The van der Waals surface area contributed by atoms with Gasteiger partial charge in [-0.1, -0.05) is 6.92 Å². The first-order valence-corrected chi connectivity index (χ1v) is 2.38. The highest BCUT2D eigenvalue weighted by molar-refractivity contribution is 5.50. The van der Waals surface area contributed by atoms with Gasteiger partial charge in [-0.05, 0) is 6.42 Å². The summed E-state index contributed by atoms with van der Waals surface area (Å²) in [7, 11) is 0. The van der Waals surface area contributed by atoms with Crippen LogP contribution in [0.4, 0.5) is 0 Å². The summed E-state index contributed by atoms with van der Waals surface area (Å²) >= 11 is 0. The van der Waals surface area contributed by atoms with Crippen LogP contribution in [0.2, 0.25) is 0 Å². The average molecular weight is 101 g/mol. The van der Waals surface area contributed by atoms with Crippen molar-refractivity contribution in [1.29, 1.82) is 0 Å². The Balaban J connectivity index is 2.69. The van der Waals surface area contributed by atoms with Crippen molar-refractivity contribution in [2.75, 3.05) is 6.54 Å². The van der Waals surface area contributed by atoms with E-state index in [1.54, 1.807) is 0 Å². The molecule has 0 unspecified atom stereocenters. The summed E-state index contributed by atoms with van der Waals surface area (Å²) in [5, 5.41) is 3.56. The number of nitrogens with two attached hydrogens (primary N) is 1. The van der Waals surface area contributed by atoms with Crippen molar-refractivity contribution in [3.8, 4) is 0 Å². The second-order valence-electron chi connectivity index (χ2n) is 1.19. The molecular formula is C4H11N3. The van der Waals surface area contributed by atoms with Crippen LogP contribution < -0.4 is 11.2 Å². The topological polar surface area (TPSA) is 50.4 Å². The van der Waals surface area contributed by atoms with E-state index in [2.05, 4.69) is 17.5 Å². The van der Waals surface area contributed by atoms with Gasteiger partial charge in [-0.2, -0.15) is 5.10 Å². The van der Waals surface area contributed by atoms with Gasteiger partial charge in [0.05, 0.1) is 0 Å². The van der Waals surface area contributed by atoms with E-state index in [0.29, 0.717) is 0 Å². The molecule has 0 saturated carbocycles. The van der Waals surface area contributed by atoms with Crippen LogP contribution in [0.15, 0.2) is 5.10 Å². The first-order chi connectivity index (χ1) is 3.41. The van der Waals surface area contributed by atoms with Gasteiger partial charge in [0.1, 0.15) is 6.34 Å². The molecule has 0 atom stereocenters. The molecule has 0 saturated heterocycles. The van der Waals surface area contributed by atoms with E-state index in [1.165, 1.54) is 6.34 Å². The van der Waals surface area contributed by atoms with Gasteiger partial charge in [0, 0.05) is 6.54 Å². The van der Waals surface area contributed by atoms with Crippen LogP contribution in [0.1, 0.15) is 13.3 Å². The van der Waals surface area contributed by atoms with E-state index in [1.807, 2.05) is 0 Å². The molecule has 0 spiro atoms. The molecule has 42 valence electrons. The smallest absolute Gasteiger partial charge is 0.106 e. The molecule has 0 aromatic heterocycles. The molecule has 0 rings (SSSR count). The highest BCUT2D eigenvalue weighted by Crippen LogP contribution is 1.65. The van der Waals surface area contributed by atoms with Gasteiger partial charge in [-0.25, -0.2) is 0 Å². The Morgan fingerprint density at radius 3 is 3.00 bits per heavy atom. The third-order valence-electron chi connectivity index (χ3n) is 0.528. The lowest BCUT2D eigenvalue weighted by Gasteiger charge is -1.90. The van der Waals surface area contributed by atoms with E-state index in [-0.39, 0.29) is 0 Å². The van der Waals surface area contributed by atoms with Gasteiger partial charge in [0.15, 0.2) is 0 Å². The Morgan fingerprint density at radius 2 is 2.57 bits per heavy atom. The van der Waals surface area contributed by atoms with E-state index < -0.39 is 0 Å². The zero-order valence-electron chi connectivity index (χ0n) is 4.52. The molecule has 0 amide bonds. The second kappa shape index (κ2) is 5.27. The van der Waals surface area contributed by atoms with Crippen LogP contribution in [0.25, 0.3) is 0 Å². The highest BCUT2D eigenvalue weighted by Gasteiger charge is 1.69. The van der Waals surface area contributed by atoms with Crippen molar-refractivity contribution in [3.63, 3.8) is 0 Å². The van der Waals surface area contributed by atoms with Crippen LogP contribution in [-0.4, -0.2) is 12.9 Å². The molecule has 3 N–H and O–H groups in total. The van der Waals surface area contributed by atoms with E-state index >= 15 is 0 Å². The van der Waals surface area contributed by atoms with Gasteiger partial charge in [-0.15, -0.1) is 0 Å². The molecule has 7 heavy (non-hydrogen) atoms. The quantitative estimate of drug-likeness (QED) is 0.225. The summed E-state index contributed by atoms with van der Waals surface area (Å²) in [4.78, 5) is 0. The van der Waals surface area contributed by atoms with Crippen LogP contribution >= 0.6 is 0 Å². The largest absolute Gasteiger partial charge is 0.388 e. The van der Waals surface area contributed by atoms with Gasteiger partial charge >= 0.3 is 0 Å². The highest BCUT2D eigenvalue weighted by atomic mass is 15.3. The van der Waals surface area contributed by atoms with E-state index in [4.69, 9.17) is 5.73 Å². The Morgan fingerprint density at radius 1 is 1.86 bits per heavy atom. The monoisotopic (exact) mass is 101 g/mol. The molecule has 0 aliphatic rings. The lowest BCUT2D eigenvalue weighted by molar-refractivity contribution is 0.718. The zero-order chi connectivity index (χ0) is 5.54. The summed E-state index contributed by atoms with van der Waals surface area (Å²) in [6.45, 7) is 2.97. The summed E-state index contributed by atoms with van der Waals surface area (Å²) < 4.78 is 0. The second-order valence-corrected chi connectivity index (χ2v) is 1.19. The standard InChI is InChI=1S/C4H11N3/c1-2-3-6-7-4-5/h4,6H,2-3H2,1H3,(H2,5,7). The van der Waals surface area contributed by atoms with Crippen LogP contribution in [0, 0.1) is 0 Å². The Bertz CT molecular complexity index is 50.9. The minimum atomic E-state index is 0.897. The average Bonchev–Trinajstić information content (AvgIpc) is 1.69. The fourth-order valence-electron chi connectivity index (χ4n) is 0.229. The molecule has 0 aliphatic carbocycles. The lowest BCUT2D eigenvalue weighted by atomic mass is 10.5. The normalized spacial score (nSPS) is 9.86. The van der Waals surface area contributed by atoms with Crippen molar-refractivity contribution in [3.05, 3.63) is 0 Å². The number of hydrogen-bond donors (Lipinski definition) is 2. The molecule has 0 radical (unpaired) electrons. The first kappa shape index (κ1) is 6.27. The summed E-state index contributed by atoms with van der Waals surface area (Å²) in [5.41, 5.74) is 7.64. The molecule has 0 aromatic rings. The molecule has 0 aliphatic heterocycles. The zero-order valence-corrected chi connectivity index (χ0v) is 4.52. The first-order valence-electron chi connectivity index (χ1n) is 2.38. The molecule has 0 heterocycles. The van der Waals surface area contributed by atoms with Crippen molar-refractivity contribution < 1.29 is 0 Å². The van der Waals surface area contributed by atoms with Gasteiger partial charge in [0.2, 0.25) is 0 Å². The predicted molar refractivity (Wildman–Crippen MR) is 31.0 cm³/mol. The molecule has 3 heteroatoms. The predicted octanol–water partition coefficient (Wildman–Crippen LogP) is -0.112. The number of nitrogens with zero attached hydrogens (tertiary/aromatic N) is 1. The third-order valence-corrected chi connectivity index (χ3v) is 0.528. The molecule has 3 nitrogen and oxygen atoms in total. The molecular weight excluding hydrogens is 90.1 g/mol. The van der Waals surface area contributed by atoms with Gasteiger partial charge in [0.25, 0.3) is 0 Å². The Hall–Kier alpha value is -0.730. The van der Waals surface area contributed by atoms with Crippen molar-refractivity contribution in [2.24, 2.45) is 10.8 Å². The Kier molecular flexibility index (Phi) is 4.72. The number of rotatable bonds is 3. The Labute approximate surface area is 43.6 Å². The summed E-state index contributed by atoms with van der Waals surface area (Å²) in [5.74, 6) is 0. The number of nitrogens with one attached hydrogen (secondary N) is 1. The minimum absolute atomic E-state index is 0.897. The summed E-state index contributed by atoms with van der Waals surface area (Å²) in [6.07, 6.45) is 2.33. The van der Waals surface area contributed by atoms with Crippen LogP contribution in [0.5, 0.6) is 0 Å². The maximum absolute atomic E-state index is 4.92. The SMILES string of the molecule is CCCN/N=C\N. The van der Waals surface area contributed by atoms with Crippen LogP contribution in [0.3, 0.4) is 0 Å². The van der Waals surface area contributed by atoms with Crippen molar-refractivity contribution >= 4 is 6.34 Å². The van der Waals surface area contributed by atoms with E-state index in [0.717, 1.165) is 13.0 Å². The molecule has 0 fully saturated rings.